The standard InChI is InChI=1S/C29H41N3O4/c1-21(15-22-9-5-4-6-10-22)27(35)31-14-13-29(36,28(2,3)18-31)19-32-20-30-25(16-26(32)34)24-12-8-7-11-23(24)17-33/h7-8,11-12,16,20-22,33,36H,4-6,9-10,13-15,17-19H2,1-3H3. The molecule has 2 aliphatic rings. The molecule has 36 heavy (non-hydrogen) atoms. The SMILES string of the molecule is CC(CC1CCCCC1)C(=O)N1CCC(O)(Cn2cnc(-c3ccccc3CO)cc2=O)C(C)(C)C1. The minimum absolute atomic E-state index is 0.00347. The molecule has 2 fully saturated rings. The van der Waals surface area contributed by atoms with Crippen molar-refractivity contribution >= 4 is 5.91 Å². The summed E-state index contributed by atoms with van der Waals surface area (Å²) in [6.07, 6.45) is 9.16. The zero-order valence-corrected chi connectivity index (χ0v) is 21.9. The second-order valence-electron chi connectivity index (χ2n) is 11.6. The highest BCUT2D eigenvalue weighted by Gasteiger charge is 2.49. The number of aliphatic hydroxyl groups is 2. The lowest BCUT2D eigenvalue weighted by atomic mass is 9.69. The Bertz CT molecular complexity index is 1120. The van der Waals surface area contributed by atoms with Crippen LogP contribution in [0.4, 0.5) is 0 Å². The smallest absolute Gasteiger partial charge is 0.253 e. The molecule has 1 saturated carbocycles. The van der Waals surface area contributed by atoms with Gasteiger partial charge in [-0.05, 0) is 24.3 Å². The fourth-order valence-corrected chi connectivity index (χ4v) is 6.06. The fourth-order valence-electron chi connectivity index (χ4n) is 6.06. The van der Waals surface area contributed by atoms with E-state index in [1.807, 2.05) is 43.9 Å². The number of amides is 1. The van der Waals surface area contributed by atoms with E-state index in [-0.39, 0.29) is 30.5 Å². The van der Waals surface area contributed by atoms with Crippen LogP contribution in [0.3, 0.4) is 0 Å². The van der Waals surface area contributed by atoms with Crippen LogP contribution in [0.1, 0.15) is 71.3 Å². The third kappa shape index (κ3) is 5.57. The Morgan fingerprint density at radius 3 is 2.58 bits per heavy atom. The van der Waals surface area contributed by atoms with Gasteiger partial charge in [0.2, 0.25) is 5.91 Å². The van der Waals surface area contributed by atoms with Crippen molar-refractivity contribution in [2.45, 2.75) is 84.5 Å². The summed E-state index contributed by atoms with van der Waals surface area (Å²) in [4.78, 5) is 32.6. The van der Waals surface area contributed by atoms with E-state index in [1.54, 1.807) is 6.07 Å². The molecule has 2 heterocycles. The van der Waals surface area contributed by atoms with Crippen LogP contribution in [-0.4, -0.2) is 49.3 Å². The number of carbonyl (C=O) groups excluding carboxylic acids is 1. The Hall–Kier alpha value is -2.51. The van der Waals surface area contributed by atoms with Gasteiger partial charge in [-0.15, -0.1) is 0 Å². The molecule has 0 spiro atoms. The summed E-state index contributed by atoms with van der Waals surface area (Å²) in [5.74, 6) is 0.830. The van der Waals surface area contributed by atoms with Gasteiger partial charge in [0, 0.05) is 36.1 Å². The highest BCUT2D eigenvalue weighted by Crippen LogP contribution is 2.40. The molecule has 2 unspecified atom stereocenters. The third-order valence-corrected chi connectivity index (χ3v) is 8.56. The second-order valence-corrected chi connectivity index (χ2v) is 11.6. The summed E-state index contributed by atoms with van der Waals surface area (Å²) in [7, 11) is 0. The van der Waals surface area contributed by atoms with Gasteiger partial charge in [-0.25, -0.2) is 4.98 Å². The van der Waals surface area contributed by atoms with Crippen molar-refractivity contribution in [1.82, 2.24) is 14.5 Å². The first-order valence-corrected chi connectivity index (χ1v) is 13.4. The van der Waals surface area contributed by atoms with Gasteiger partial charge in [0.1, 0.15) is 0 Å². The molecule has 2 N–H and O–H groups in total. The monoisotopic (exact) mass is 495 g/mol. The van der Waals surface area contributed by atoms with Crippen LogP contribution in [0.25, 0.3) is 11.3 Å². The highest BCUT2D eigenvalue weighted by atomic mass is 16.3. The Kier molecular flexibility index (Phi) is 8.00. The van der Waals surface area contributed by atoms with Gasteiger partial charge < -0.3 is 15.1 Å². The summed E-state index contributed by atoms with van der Waals surface area (Å²) < 4.78 is 1.45. The number of hydrogen-bond donors (Lipinski definition) is 2. The van der Waals surface area contributed by atoms with Gasteiger partial charge in [-0.1, -0.05) is 77.1 Å². The minimum atomic E-state index is -1.15. The fraction of sp³-hybridized carbons (Fsp3) is 0.621. The maximum Gasteiger partial charge on any atom is 0.253 e. The van der Waals surface area contributed by atoms with Crippen molar-refractivity contribution in [3.8, 4) is 11.3 Å². The minimum Gasteiger partial charge on any atom is -0.392 e. The molecule has 4 rings (SSSR count). The van der Waals surface area contributed by atoms with Crippen LogP contribution in [0, 0.1) is 17.3 Å². The predicted molar refractivity (Wildman–Crippen MR) is 140 cm³/mol. The Balaban J connectivity index is 1.44. The highest BCUT2D eigenvalue weighted by molar-refractivity contribution is 5.78. The molecule has 1 aromatic carbocycles. The summed E-state index contributed by atoms with van der Waals surface area (Å²) in [5.41, 5.74) is -0.0651. The largest absolute Gasteiger partial charge is 0.392 e. The van der Waals surface area contributed by atoms with Crippen molar-refractivity contribution in [2.24, 2.45) is 17.3 Å². The maximum atomic E-state index is 13.3. The van der Waals surface area contributed by atoms with E-state index in [4.69, 9.17) is 0 Å². The lowest BCUT2D eigenvalue weighted by Crippen LogP contribution is -2.61. The van der Waals surface area contributed by atoms with Gasteiger partial charge >= 0.3 is 0 Å². The topological polar surface area (TPSA) is 95.7 Å². The number of carbonyl (C=O) groups is 1. The quantitative estimate of drug-likeness (QED) is 0.605. The van der Waals surface area contributed by atoms with E-state index in [9.17, 15) is 19.8 Å². The molecule has 1 aliphatic carbocycles. The zero-order valence-electron chi connectivity index (χ0n) is 21.9. The zero-order chi connectivity index (χ0) is 25.9. The van der Waals surface area contributed by atoms with E-state index >= 15 is 0 Å². The lowest BCUT2D eigenvalue weighted by Gasteiger charge is -2.50. The summed E-state index contributed by atoms with van der Waals surface area (Å²) in [6, 6.07) is 8.77. The first-order valence-electron chi connectivity index (χ1n) is 13.4. The van der Waals surface area contributed by atoms with Crippen LogP contribution in [-0.2, 0) is 17.9 Å². The number of piperidine rings is 1. The van der Waals surface area contributed by atoms with Crippen LogP contribution in [0.2, 0.25) is 0 Å². The van der Waals surface area contributed by atoms with Gasteiger partial charge in [0.05, 0.1) is 30.8 Å². The lowest BCUT2D eigenvalue weighted by molar-refractivity contribution is -0.157. The predicted octanol–water partition coefficient (Wildman–Crippen LogP) is 4.00. The van der Waals surface area contributed by atoms with Crippen LogP contribution < -0.4 is 5.56 Å². The van der Waals surface area contributed by atoms with Crippen molar-refractivity contribution in [3.63, 3.8) is 0 Å². The number of aliphatic hydroxyl groups excluding tert-OH is 1. The first kappa shape index (κ1) is 26.6. The number of benzene rings is 1. The van der Waals surface area contributed by atoms with Crippen LogP contribution in [0.15, 0.2) is 41.5 Å². The Morgan fingerprint density at radius 2 is 1.92 bits per heavy atom. The summed E-state index contributed by atoms with van der Waals surface area (Å²) in [6.45, 7) is 6.92. The van der Waals surface area contributed by atoms with Crippen molar-refractivity contribution in [1.29, 1.82) is 0 Å². The maximum absolute atomic E-state index is 13.3. The second kappa shape index (κ2) is 10.9. The molecular weight excluding hydrogens is 454 g/mol. The summed E-state index contributed by atoms with van der Waals surface area (Å²) >= 11 is 0. The molecule has 2 atom stereocenters. The average molecular weight is 496 g/mol. The molecule has 1 aromatic heterocycles. The van der Waals surface area contributed by atoms with Gasteiger partial charge in [-0.2, -0.15) is 0 Å². The first-order chi connectivity index (χ1) is 17.1. The van der Waals surface area contributed by atoms with E-state index in [1.165, 1.54) is 49.1 Å². The number of rotatable bonds is 7. The van der Waals surface area contributed by atoms with Gasteiger partial charge in [-0.3, -0.25) is 14.2 Å². The molecule has 0 radical (unpaired) electrons. The van der Waals surface area contributed by atoms with Crippen molar-refractivity contribution < 1.29 is 15.0 Å². The molecule has 7 nitrogen and oxygen atoms in total. The van der Waals surface area contributed by atoms with E-state index < -0.39 is 11.0 Å². The molecule has 0 bridgehead atoms. The Labute approximate surface area is 214 Å². The van der Waals surface area contributed by atoms with Crippen molar-refractivity contribution in [3.05, 3.63) is 52.6 Å². The summed E-state index contributed by atoms with van der Waals surface area (Å²) in [5, 5.41) is 21.3. The van der Waals surface area contributed by atoms with E-state index in [0.29, 0.717) is 36.7 Å². The Morgan fingerprint density at radius 1 is 1.19 bits per heavy atom. The third-order valence-electron chi connectivity index (χ3n) is 8.56. The van der Waals surface area contributed by atoms with Crippen LogP contribution >= 0.6 is 0 Å². The normalized spacial score (nSPS) is 23.4. The van der Waals surface area contributed by atoms with Crippen molar-refractivity contribution in [2.75, 3.05) is 13.1 Å². The van der Waals surface area contributed by atoms with Gasteiger partial charge in [0.25, 0.3) is 5.56 Å². The molecule has 1 amide bonds. The molecule has 7 heteroatoms. The average Bonchev–Trinajstić information content (AvgIpc) is 2.87. The number of aromatic nitrogens is 2. The van der Waals surface area contributed by atoms with E-state index in [0.717, 1.165) is 12.0 Å². The number of hydrogen-bond acceptors (Lipinski definition) is 5. The van der Waals surface area contributed by atoms with Crippen LogP contribution in [0.5, 0.6) is 0 Å². The molecule has 196 valence electrons. The molecule has 2 aromatic rings. The molecule has 1 saturated heterocycles. The number of nitrogens with zero attached hydrogens (tertiary/aromatic N) is 3. The number of likely N-dealkylation sites (tertiary alicyclic amines) is 1. The van der Waals surface area contributed by atoms with Gasteiger partial charge in [0.15, 0.2) is 0 Å². The van der Waals surface area contributed by atoms with E-state index in [2.05, 4.69) is 4.98 Å². The molecule has 1 aliphatic heterocycles. The molecular formula is C29H41N3O4.